The third kappa shape index (κ3) is 1.62. The molecule has 0 aliphatic carbocycles. The van der Waals surface area contributed by atoms with Crippen LogP contribution in [0.15, 0.2) is 6.07 Å². The molecule has 0 bridgehead atoms. The SMILES string of the molecule is Cc1cc(C)nc([N+]2=C(N)N(C)C(=O)C2)n1. The highest BCUT2D eigenvalue weighted by Gasteiger charge is 2.32. The molecule has 2 heterocycles. The van der Waals surface area contributed by atoms with Gasteiger partial charge in [0.15, 0.2) is 0 Å². The fraction of sp³-hybridized carbons (Fsp3) is 0.400. The predicted molar refractivity (Wildman–Crippen MR) is 58.3 cm³/mol. The first-order valence-corrected chi connectivity index (χ1v) is 4.98. The molecule has 6 nitrogen and oxygen atoms in total. The van der Waals surface area contributed by atoms with Gasteiger partial charge in [-0.1, -0.05) is 0 Å². The van der Waals surface area contributed by atoms with E-state index < -0.39 is 0 Å². The molecule has 1 aromatic rings. The number of carbonyl (C=O) groups is 1. The minimum Gasteiger partial charge on any atom is -0.322 e. The number of hydrogen-bond acceptors (Lipinski definition) is 4. The Balaban J connectivity index is 2.49. The van der Waals surface area contributed by atoms with Crippen molar-refractivity contribution in [3.8, 4) is 0 Å². The van der Waals surface area contributed by atoms with Gasteiger partial charge in [0, 0.05) is 13.1 Å². The highest BCUT2D eigenvalue weighted by molar-refractivity contribution is 5.98. The largest absolute Gasteiger partial charge is 0.357 e. The summed E-state index contributed by atoms with van der Waals surface area (Å²) in [4.78, 5) is 21.4. The molecule has 16 heavy (non-hydrogen) atoms. The summed E-state index contributed by atoms with van der Waals surface area (Å²) in [7, 11) is 1.64. The van der Waals surface area contributed by atoms with Crippen LogP contribution in [0.1, 0.15) is 11.4 Å². The van der Waals surface area contributed by atoms with E-state index in [1.54, 1.807) is 11.6 Å². The molecule has 2 rings (SSSR count). The van der Waals surface area contributed by atoms with Crippen molar-refractivity contribution in [2.24, 2.45) is 5.73 Å². The quantitative estimate of drug-likeness (QED) is 0.649. The molecule has 1 aliphatic heterocycles. The number of guanidine groups is 1. The van der Waals surface area contributed by atoms with Crippen molar-refractivity contribution >= 4 is 17.8 Å². The molecule has 0 fully saturated rings. The molecule has 0 saturated carbocycles. The molecule has 0 radical (unpaired) electrons. The number of hydrogen-bond donors (Lipinski definition) is 1. The van der Waals surface area contributed by atoms with Gasteiger partial charge in [-0.2, -0.15) is 0 Å². The topological polar surface area (TPSA) is 75.1 Å². The molecule has 2 N–H and O–H groups in total. The van der Waals surface area contributed by atoms with Crippen molar-refractivity contribution in [2.75, 3.05) is 13.6 Å². The van der Waals surface area contributed by atoms with Crippen molar-refractivity contribution in [3.63, 3.8) is 0 Å². The number of likely N-dealkylation sites (N-methyl/N-ethyl adjacent to an activating group) is 1. The van der Waals surface area contributed by atoms with Crippen LogP contribution in [0.5, 0.6) is 0 Å². The fourth-order valence-corrected chi connectivity index (χ4v) is 1.63. The smallest absolute Gasteiger partial charge is 0.322 e. The lowest BCUT2D eigenvalue weighted by Gasteiger charge is -2.02. The summed E-state index contributed by atoms with van der Waals surface area (Å²) in [5.74, 6) is 0.794. The van der Waals surface area contributed by atoms with E-state index in [2.05, 4.69) is 9.97 Å². The number of rotatable bonds is 1. The second-order valence-electron chi connectivity index (χ2n) is 3.85. The van der Waals surface area contributed by atoms with Crippen LogP contribution in [0.2, 0.25) is 0 Å². The molecule has 1 amide bonds. The second-order valence-corrected chi connectivity index (χ2v) is 3.85. The molecule has 0 saturated heterocycles. The van der Waals surface area contributed by atoms with Crippen LogP contribution >= 0.6 is 0 Å². The highest BCUT2D eigenvalue weighted by Crippen LogP contribution is 2.11. The maximum absolute atomic E-state index is 11.5. The Morgan fingerprint density at radius 3 is 2.38 bits per heavy atom. The third-order valence-corrected chi connectivity index (χ3v) is 2.50. The summed E-state index contributed by atoms with van der Waals surface area (Å²) in [6.07, 6.45) is 0. The lowest BCUT2D eigenvalue weighted by atomic mass is 10.3. The number of aryl methyl sites for hydroxylation is 2. The molecule has 0 atom stereocenters. The van der Waals surface area contributed by atoms with Gasteiger partial charge in [0.05, 0.1) is 11.4 Å². The van der Waals surface area contributed by atoms with Crippen molar-refractivity contribution < 1.29 is 9.37 Å². The zero-order chi connectivity index (χ0) is 11.9. The maximum atomic E-state index is 11.5. The van der Waals surface area contributed by atoms with Gasteiger partial charge in [-0.25, -0.2) is 9.48 Å². The zero-order valence-electron chi connectivity index (χ0n) is 9.56. The van der Waals surface area contributed by atoms with E-state index in [0.717, 1.165) is 11.4 Å². The minimum atomic E-state index is -0.0553. The Morgan fingerprint density at radius 2 is 1.94 bits per heavy atom. The molecular weight excluding hydrogens is 206 g/mol. The molecule has 1 aromatic heterocycles. The first kappa shape index (κ1) is 10.5. The summed E-state index contributed by atoms with van der Waals surface area (Å²) < 4.78 is 1.61. The van der Waals surface area contributed by atoms with Crippen LogP contribution in [0.3, 0.4) is 0 Å². The third-order valence-electron chi connectivity index (χ3n) is 2.50. The van der Waals surface area contributed by atoms with Gasteiger partial charge in [-0.15, -0.1) is 9.97 Å². The van der Waals surface area contributed by atoms with Gasteiger partial charge in [0.1, 0.15) is 6.54 Å². The Bertz CT molecular complexity index is 474. The summed E-state index contributed by atoms with van der Waals surface area (Å²) >= 11 is 0. The van der Waals surface area contributed by atoms with Gasteiger partial charge < -0.3 is 5.73 Å². The predicted octanol–water partition coefficient (Wildman–Crippen LogP) is -0.476. The van der Waals surface area contributed by atoms with Crippen molar-refractivity contribution in [2.45, 2.75) is 13.8 Å². The summed E-state index contributed by atoms with van der Waals surface area (Å²) in [5, 5.41) is 0. The van der Waals surface area contributed by atoms with E-state index in [4.69, 9.17) is 5.73 Å². The number of nitrogens with zero attached hydrogens (tertiary/aromatic N) is 4. The Morgan fingerprint density at radius 1 is 1.38 bits per heavy atom. The number of aromatic nitrogens is 2. The van der Waals surface area contributed by atoms with E-state index in [-0.39, 0.29) is 12.5 Å². The monoisotopic (exact) mass is 220 g/mol. The Labute approximate surface area is 93.4 Å². The molecular formula is C10H14N5O+. The highest BCUT2D eigenvalue weighted by atomic mass is 16.2. The van der Waals surface area contributed by atoms with Crippen LogP contribution in [0.4, 0.5) is 5.95 Å². The van der Waals surface area contributed by atoms with Crippen LogP contribution in [-0.4, -0.2) is 44.9 Å². The average molecular weight is 220 g/mol. The second kappa shape index (κ2) is 3.55. The zero-order valence-corrected chi connectivity index (χ0v) is 9.56. The molecule has 0 aromatic carbocycles. The van der Waals surface area contributed by atoms with Gasteiger partial charge in [-0.05, 0) is 13.8 Å². The molecule has 0 unspecified atom stereocenters. The number of amides is 1. The first-order valence-electron chi connectivity index (χ1n) is 4.98. The van der Waals surface area contributed by atoms with E-state index in [1.165, 1.54) is 4.90 Å². The number of carbonyl (C=O) groups excluding carboxylic acids is 1. The van der Waals surface area contributed by atoms with Crippen molar-refractivity contribution in [1.29, 1.82) is 0 Å². The standard InChI is InChI=1S/C10H13N5O/c1-6-4-7(2)13-10(12-6)15-5-8(16)14(3)9(15)11/h4,11H,5H2,1-3H3/p+1. The van der Waals surface area contributed by atoms with Crippen LogP contribution in [0.25, 0.3) is 0 Å². The Hall–Kier alpha value is -1.98. The van der Waals surface area contributed by atoms with Gasteiger partial charge >= 0.3 is 5.95 Å². The summed E-state index contributed by atoms with van der Waals surface area (Å²) in [6, 6.07) is 1.88. The molecule has 6 heteroatoms. The van der Waals surface area contributed by atoms with E-state index in [9.17, 15) is 4.79 Å². The molecule has 1 aliphatic rings. The van der Waals surface area contributed by atoms with Crippen LogP contribution in [-0.2, 0) is 4.79 Å². The van der Waals surface area contributed by atoms with Crippen LogP contribution < -0.4 is 5.73 Å². The molecule has 0 spiro atoms. The lowest BCUT2D eigenvalue weighted by Crippen LogP contribution is -2.35. The maximum Gasteiger partial charge on any atom is 0.357 e. The Kier molecular flexibility index (Phi) is 2.34. The number of nitrogens with two attached hydrogens (primary N) is 1. The van der Waals surface area contributed by atoms with E-state index in [1.807, 2.05) is 19.9 Å². The minimum absolute atomic E-state index is 0.0553. The van der Waals surface area contributed by atoms with E-state index >= 15 is 0 Å². The molecule has 84 valence electrons. The van der Waals surface area contributed by atoms with Crippen molar-refractivity contribution in [3.05, 3.63) is 17.5 Å². The van der Waals surface area contributed by atoms with Gasteiger partial charge in [-0.3, -0.25) is 4.79 Å². The normalized spacial score (nSPS) is 16.2. The summed E-state index contributed by atoms with van der Waals surface area (Å²) in [6.45, 7) is 3.97. The van der Waals surface area contributed by atoms with Gasteiger partial charge in [0.2, 0.25) is 0 Å². The average Bonchev–Trinajstić information content (AvgIpc) is 2.44. The van der Waals surface area contributed by atoms with Gasteiger partial charge in [0.25, 0.3) is 11.9 Å². The van der Waals surface area contributed by atoms with Crippen molar-refractivity contribution in [1.82, 2.24) is 14.9 Å². The summed E-state index contributed by atoms with van der Waals surface area (Å²) in [5.41, 5.74) is 7.53. The first-order chi connectivity index (χ1) is 7.49. The van der Waals surface area contributed by atoms with Crippen LogP contribution in [0, 0.1) is 13.8 Å². The lowest BCUT2D eigenvalue weighted by molar-refractivity contribution is -0.432. The fourth-order valence-electron chi connectivity index (χ4n) is 1.63. The van der Waals surface area contributed by atoms with E-state index in [0.29, 0.717) is 11.9 Å².